The highest BCUT2D eigenvalue weighted by molar-refractivity contribution is 5.77. The number of amides is 1. The number of aryl methyl sites for hydroxylation is 2. The molecule has 0 aromatic heterocycles. The van der Waals surface area contributed by atoms with E-state index in [4.69, 9.17) is 4.74 Å². The molecule has 0 fully saturated rings. The predicted octanol–water partition coefficient (Wildman–Crippen LogP) is 2.08. The smallest absolute Gasteiger partial charge is 0.257 e. The number of benzene rings is 1. The zero-order chi connectivity index (χ0) is 12.1. The Morgan fingerprint density at radius 1 is 1.35 bits per heavy atom. The van der Waals surface area contributed by atoms with Gasteiger partial charge in [-0.1, -0.05) is 13.0 Å². The van der Waals surface area contributed by atoms with E-state index in [9.17, 15) is 4.79 Å². The summed E-state index contributed by atoms with van der Waals surface area (Å²) < 4.78 is 5.48. The minimum Gasteiger partial charge on any atom is -0.484 e. The molecule has 1 amide bonds. The number of carbonyl (C=O) groups excluding carboxylic acids is 1. The standard InChI is InChI=1S/C14H19NO2/c1-2-8-15-14(16)10-17-13-7-6-11-4-3-5-12(11)9-13/h6-7,9H,2-5,8,10H2,1H3,(H,15,16). The third kappa shape index (κ3) is 3.22. The van der Waals surface area contributed by atoms with E-state index in [1.54, 1.807) is 0 Å². The van der Waals surface area contributed by atoms with Gasteiger partial charge in [0.2, 0.25) is 0 Å². The molecule has 1 aliphatic rings. The van der Waals surface area contributed by atoms with Crippen LogP contribution in [0, 0.1) is 0 Å². The average molecular weight is 233 g/mol. The molecule has 17 heavy (non-hydrogen) atoms. The number of ether oxygens (including phenoxy) is 1. The molecule has 1 N–H and O–H groups in total. The number of nitrogens with one attached hydrogen (secondary N) is 1. The second kappa shape index (κ2) is 5.71. The van der Waals surface area contributed by atoms with E-state index in [1.807, 2.05) is 13.0 Å². The summed E-state index contributed by atoms with van der Waals surface area (Å²) in [5, 5.41) is 2.79. The number of hydrogen-bond acceptors (Lipinski definition) is 2. The van der Waals surface area contributed by atoms with E-state index in [2.05, 4.69) is 17.4 Å². The normalized spacial score (nSPS) is 13.2. The summed E-state index contributed by atoms with van der Waals surface area (Å²) >= 11 is 0. The first-order valence-electron chi connectivity index (χ1n) is 6.31. The van der Waals surface area contributed by atoms with E-state index in [0.717, 1.165) is 18.6 Å². The molecular formula is C14H19NO2. The maximum atomic E-state index is 11.4. The molecule has 0 heterocycles. The summed E-state index contributed by atoms with van der Waals surface area (Å²) in [7, 11) is 0. The zero-order valence-corrected chi connectivity index (χ0v) is 10.3. The van der Waals surface area contributed by atoms with Crippen LogP contribution < -0.4 is 10.1 Å². The van der Waals surface area contributed by atoms with Crippen LogP contribution in [0.25, 0.3) is 0 Å². The van der Waals surface area contributed by atoms with Crippen molar-refractivity contribution < 1.29 is 9.53 Å². The maximum absolute atomic E-state index is 11.4. The van der Waals surface area contributed by atoms with Crippen molar-refractivity contribution in [2.45, 2.75) is 32.6 Å². The van der Waals surface area contributed by atoms with Gasteiger partial charge in [-0.15, -0.1) is 0 Å². The van der Waals surface area contributed by atoms with Crippen LogP contribution in [-0.4, -0.2) is 19.1 Å². The number of hydrogen-bond donors (Lipinski definition) is 1. The molecule has 1 aliphatic carbocycles. The van der Waals surface area contributed by atoms with Gasteiger partial charge in [0.05, 0.1) is 0 Å². The monoisotopic (exact) mass is 233 g/mol. The highest BCUT2D eigenvalue weighted by Gasteiger charge is 2.11. The van der Waals surface area contributed by atoms with Gasteiger partial charge in [0.25, 0.3) is 5.91 Å². The molecular weight excluding hydrogens is 214 g/mol. The summed E-state index contributed by atoms with van der Waals surface area (Å²) in [5.74, 6) is 0.754. The van der Waals surface area contributed by atoms with Gasteiger partial charge in [-0.05, 0) is 48.9 Å². The van der Waals surface area contributed by atoms with E-state index < -0.39 is 0 Å². The molecule has 0 bridgehead atoms. The van der Waals surface area contributed by atoms with Crippen LogP contribution >= 0.6 is 0 Å². The van der Waals surface area contributed by atoms with Crippen molar-refractivity contribution in [3.8, 4) is 5.75 Å². The van der Waals surface area contributed by atoms with Gasteiger partial charge in [-0.25, -0.2) is 0 Å². The Hall–Kier alpha value is -1.51. The molecule has 1 aromatic carbocycles. The Bertz CT molecular complexity index is 401. The number of carbonyl (C=O) groups is 1. The highest BCUT2D eigenvalue weighted by atomic mass is 16.5. The molecule has 3 heteroatoms. The molecule has 0 saturated carbocycles. The van der Waals surface area contributed by atoms with Crippen molar-refractivity contribution in [1.82, 2.24) is 5.32 Å². The predicted molar refractivity (Wildman–Crippen MR) is 67.3 cm³/mol. The Balaban J connectivity index is 1.85. The summed E-state index contributed by atoms with van der Waals surface area (Å²) in [6, 6.07) is 6.13. The van der Waals surface area contributed by atoms with Crippen LogP contribution in [0.4, 0.5) is 0 Å². The van der Waals surface area contributed by atoms with Gasteiger partial charge in [-0.3, -0.25) is 4.79 Å². The molecule has 92 valence electrons. The third-order valence-electron chi connectivity index (χ3n) is 3.01. The molecule has 0 radical (unpaired) electrons. The van der Waals surface area contributed by atoms with Crippen LogP contribution in [0.1, 0.15) is 30.9 Å². The Labute approximate surface area is 102 Å². The van der Waals surface area contributed by atoms with Gasteiger partial charge in [0.15, 0.2) is 6.61 Å². The molecule has 1 aromatic rings. The summed E-state index contributed by atoms with van der Waals surface area (Å²) in [6.45, 7) is 2.85. The van der Waals surface area contributed by atoms with E-state index in [1.165, 1.54) is 24.0 Å². The minimum absolute atomic E-state index is 0.0488. The van der Waals surface area contributed by atoms with Gasteiger partial charge in [0, 0.05) is 6.54 Å². The molecule has 2 rings (SSSR count). The first kappa shape index (κ1) is 12.0. The van der Waals surface area contributed by atoms with Crippen LogP contribution in [0.3, 0.4) is 0 Å². The Kier molecular flexibility index (Phi) is 4.02. The summed E-state index contributed by atoms with van der Waals surface area (Å²) in [6.07, 6.45) is 4.49. The van der Waals surface area contributed by atoms with Crippen molar-refractivity contribution in [3.63, 3.8) is 0 Å². The molecule has 0 spiro atoms. The second-order valence-corrected chi connectivity index (χ2v) is 4.42. The van der Waals surface area contributed by atoms with Crippen molar-refractivity contribution >= 4 is 5.91 Å². The van der Waals surface area contributed by atoms with Crippen LogP contribution in [0.2, 0.25) is 0 Å². The lowest BCUT2D eigenvalue weighted by atomic mass is 10.1. The fourth-order valence-electron chi connectivity index (χ4n) is 2.10. The molecule has 0 atom stereocenters. The van der Waals surface area contributed by atoms with Crippen molar-refractivity contribution in [2.75, 3.05) is 13.2 Å². The Morgan fingerprint density at radius 3 is 3.00 bits per heavy atom. The SMILES string of the molecule is CCCNC(=O)COc1ccc2c(c1)CCC2. The fraction of sp³-hybridized carbons (Fsp3) is 0.500. The van der Waals surface area contributed by atoms with E-state index in [-0.39, 0.29) is 12.5 Å². The second-order valence-electron chi connectivity index (χ2n) is 4.42. The van der Waals surface area contributed by atoms with E-state index >= 15 is 0 Å². The zero-order valence-electron chi connectivity index (χ0n) is 10.3. The van der Waals surface area contributed by atoms with E-state index in [0.29, 0.717) is 6.54 Å². The highest BCUT2D eigenvalue weighted by Crippen LogP contribution is 2.25. The third-order valence-corrected chi connectivity index (χ3v) is 3.01. The lowest BCUT2D eigenvalue weighted by Gasteiger charge is -2.08. The molecule has 0 unspecified atom stereocenters. The lowest BCUT2D eigenvalue weighted by Crippen LogP contribution is -2.29. The van der Waals surface area contributed by atoms with Crippen LogP contribution in [-0.2, 0) is 17.6 Å². The summed E-state index contributed by atoms with van der Waals surface area (Å²) in [5.41, 5.74) is 2.80. The van der Waals surface area contributed by atoms with Gasteiger partial charge >= 0.3 is 0 Å². The molecule has 3 nitrogen and oxygen atoms in total. The first-order valence-corrected chi connectivity index (χ1v) is 6.31. The van der Waals surface area contributed by atoms with Crippen molar-refractivity contribution in [2.24, 2.45) is 0 Å². The number of fused-ring (bicyclic) bond motifs is 1. The van der Waals surface area contributed by atoms with Crippen molar-refractivity contribution in [3.05, 3.63) is 29.3 Å². The largest absolute Gasteiger partial charge is 0.484 e. The lowest BCUT2D eigenvalue weighted by molar-refractivity contribution is -0.123. The Morgan fingerprint density at radius 2 is 2.18 bits per heavy atom. The van der Waals surface area contributed by atoms with Gasteiger partial charge in [-0.2, -0.15) is 0 Å². The maximum Gasteiger partial charge on any atom is 0.257 e. The molecule has 0 saturated heterocycles. The number of rotatable bonds is 5. The quantitative estimate of drug-likeness (QED) is 0.845. The van der Waals surface area contributed by atoms with Gasteiger partial charge in [0.1, 0.15) is 5.75 Å². The van der Waals surface area contributed by atoms with Crippen LogP contribution in [0.5, 0.6) is 5.75 Å². The summed E-state index contributed by atoms with van der Waals surface area (Å²) in [4.78, 5) is 11.4. The van der Waals surface area contributed by atoms with Crippen LogP contribution in [0.15, 0.2) is 18.2 Å². The first-order chi connectivity index (χ1) is 8.29. The van der Waals surface area contributed by atoms with Crippen molar-refractivity contribution in [1.29, 1.82) is 0 Å². The average Bonchev–Trinajstić information content (AvgIpc) is 2.81. The van der Waals surface area contributed by atoms with Gasteiger partial charge < -0.3 is 10.1 Å². The fourth-order valence-corrected chi connectivity index (χ4v) is 2.10. The minimum atomic E-state index is -0.0488. The molecule has 0 aliphatic heterocycles. The topological polar surface area (TPSA) is 38.3 Å².